The Morgan fingerprint density at radius 3 is 2.29 bits per heavy atom. The lowest BCUT2D eigenvalue weighted by atomic mass is 9.81. The van der Waals surface area contributed by atoms with E-state index < -0.39 is 29.1 Å². The predicted molar refractivity (Wildman–Crippen MR) is 129 cm³/mol. The summed E-state index contributed by atoms with van der Waals surface area (Å²) in [7, 11) is 0. The number of carbonyl (C=O) groups is 2. The molecule has 184 valence electrons. The van der Waals surface area contributed by atoms with Crippen LogP contribution >= 0.6 is 0 Å². The molecule has 1 aliphatic heterocycles. The number of anilines is 1. The van der Waals surface area contributed by atoms with Crippen molar-refractivity contribution in [3.63, 3.8) is 0 Å². The summed E-state index contributed by atoms with van der Waals surface area (Å²) in [5.74, 6) is -1.70. The van der Waals surface area contributed by atoms with Crippen molar-refractivity contribution in [2.24, 2.45) is 11.5 Å². The van der Waals surface area contributed by atoms with Crippen molar-refractivity contribution in [2.45, 2.75) is 25.6 Å². The van der Waals surface area contributed by atoms with Gasteiger partial charge < -0.3 is 21.3 Å². The van der Waals surface area contributed by atoms with E-state index in [2.05, 4.69) is 0 Å². The maximum absolute atomic E-state index is 14.3. The SMILES string of the molecule is CCN(CC)CCN1C(=O)C(N)(c2ccc3ccccc3c2)c2c1cc(C(N)=O)cc2C(F)(F)F. The van der Waals surface area contributed by atoms with Crippen molar-refractivity contribution >= 4 is 28.3 Å². The first kappa shape index (κ1) is 24.7. The van der Waals surface area contributed by atoms with Gasteiger partial charge in [0.1, 0.15) is 5.54 Å². The number of hydrogen-bond acceptors (Lipinski definition) is 4. The Kier molecular flexibility index (Phi) is 6.33. The normalized spacial score (nSPS) is 17.9. The molecule has 0 saturated carbocycles. The summed E-state index contributed by atoms with van der Waals surface area (Å²) in [6.45, 7) is 5.86. The van der Waals surface area contributed by atoms with E-state index in [4.69, 9.17) is 11.5 Å². The maximum atomic E-state index is 14.3. The summed E-state index contributed by atoms with van der Waals surface area (Å²) in [6.07, 6.45) is -4.87. The Hall–Kier alpha value is -3.43. The van der Waals surface area contributed by atoms with Gasteiger partial charge in [0.25, 0.3) is 5.91 Å². The zero-order valence-corrected chi connectivity index (χ0v) is 19.5. The lowest BCUT2D eigenvalue weighted by molar-refractivity contribution is -0.138. The van der Waals surface area contributed by atoms with Crippen LogP contribution in [0.15, 0.2) is 54.6 Å². The second kappa shape index (κ2) is 8.98. The van der Waals surface area contributed by atoms with E-state index in [1.807, 2.05) is 36.9 Å². The molecule has 3 aromatic rings. The highest BCUT2D eigenvalue weighted by Gasteiger charge is 2.54. The van der Waals surface area contributed by atoms with Crippen LogP contribution in [0.5, 0.6) is 0 Å². The Labute approximate surface area is 201 Å². The van der Waals surface area contributed by atoms with Crippen LogP contribution in [-0.2, 0) is 16.5 Å². The molecule has 0 aromatic heterocycles. The minimum absolute atomic E-state index is 0.0403. The third-order valence-corrected chi connectivity index (χ3v) is 6.71. The number of likely N-dealkylation sites (N-methyl/N-ethyl adjacent to an activating group) is 1. The number of carbonyl (C=O) groups excluding carboxylic acids is 2. The molecule has 4 rings (SSSR count). The third kappa shape index (κ3) is 4.15. The molecule has 0 radical (unpaired) electrons. The molecule has 6 nitrogen and oxygen atoms in total. The smallest absolute Gasteiger partial charge is 0.366 e. The summed E-state index contributed by atoms with van der Waals surface area (Å²) in [5.41, 5.74) is 8.31. The predicted octanol–water partition coefficient (Wildman–Crippen LogP) is 3.85. The van der Waals surface area contributed by atoms with E-state index >= 15 is 0 Å². The Balaban J connectivity index is 1.98. The summed E-state index contributed by atoms with van der Waals surface area (Å²) in [4.78, 5) is 29.1. The molecule has 1 unspecified atom stereocenters. The van der Waals surface area contributed by atoms with Crippen LogP contribution < -0.4 is 16.4 Å². The number of fused-ring (bicyclic) bond motifs is 2. The number of halogens is 3. The van der Waals surface area contributed by atoms with Gasteiger partial charge in [0.05, 0.1) is 11.3 Å². The lowest BCUT2D eigenvalue weighted by Gasteiger charge is -2.27. The number of amides is 2. The molecule has 2 amide bonds. The van der Waals surface area contributed by atoms with Crippen molar-refractivity contribution in [1.29, 1.82) is 0 Å². The summed E-state index contributed by atoms with van der Waals surface area (Å²) in [5, 5.41) is 1.61. The average molecular weight is 485 g/mol. The minimum Gasteiger partial charge on any atom is -0.366 e. The van der Waals surface area contributed by atoms with Crippen LogP contribution in [0.4, 0.5) is 18.9 Å². The van der Waals surface area contributed by atoms with Gasteiger partial charge in [-0.05, 0) is 47.6 Å². The zero-order chi connectivity index (χ0) is 25.5. The maximum Gasteiger partial charge on any atom is 0.416 e. The van der Waals surface area contributed by atoms with Crippen LogP contribution in [-0.4, -0.2) is 42.9 Å². The van der Waals surface area contributed by atoms with Crippen LogP contribution in [0.1, 0.15) is 40.9 Å². The number of rotatable bonds is 7. The summed E-state index contributed by atoms with van der Waals surface area (Å²) < 4.78 is 43.0. The third-order valence-electron chi connectivity index (χ3n) is 6.71. The average Bonchev–Trinajstić information content (AvgIpc) is 3.05. The minimum atomic E-state index is -4.87. The van der Waals surface area contributed by atoms with Crippen molar-refractivity contribution in [3.05, 3.63) is 76.9 Å². The topological polar surface area (TPSA) is 92.7 Å². The highest BCUT2D eigenvalue weighted by Crippen LogP contribution is 2.49. The van der Waals surface area contributed by atoms with Gasteiger partial charge in [-0.1, -0.05) is 50.2 Å². The second-order valence-corrected chi connectivity index (χ2v) is 8.63. The van der Waals surface area contributed by atoms with Crippen molar-refractivity contribution in [2.75, 3.05) is 31.1 Å². The van der Waals surface area contributed by atoms with Crippen LogP contribution in [0.2, 0.25) is 0 Å². The second-order valence-electron chi connectivity index (χ2n) is 8.63. The molecule has 0 spiro atoms. The lowest BCUT2D eigenvalue weighted by Crippen LogP contribution is -2.50. The Bertz CT molecular complexity index is 1300. The fraction of sp³-hybridized carbons (Fsp3) is 0.308. The molecule has 1 aliphatic rings. The molecule has 1 atom stereocenters. The fourth-order valence-electron chi connectivity index (χ4n) is 4.75. The van der Waals surface area contributed by atoms with Crippen LogP contribution in [0.3, 0.4) is 0 Å². The fourth-order valence-corrected chi connectivity index (χ4v) is 4.75. The molecule has 35 heavy (non-hydrogen) atoms. The van der Waals surface area contributed by atoms with Crippen molar-refractivity contribution < 1.29 is 22.8 Å². The van der Waals surface area contributed by atoms with Crippen molar-refractivity contribution in [3.8, 4) is 0 Å². The highest BCUT2D eigenvalue weighted by atomic mass is 19.4. The molecule has 0 aliphatic carbocycles. The number of nitrogens with zero attached hydrogens (tertiary/aromatic N) is 2. The summed E-state index contributed by atoms with van der Waals surface area (Å²) >= 11 is 0. The number of nitrogens with two attached hydrogens (primary N) is 2. The van der Waals surface area contributed by atoms with Gasteiger partial charge in [0.2, 0.25) is 5.91 Å². The van der Waals surface area contributed by atoms with Gasteiger partial charge in [0, 0.05) is 24.2 Å². The molecule has 9 heteroatoms. The van der Waals surface area contributed by atoms with Crippen LogP contribution in [0.25, 0.3) is 10.8 Å². The number of hydrogen-bond donors (Lipinski definition) is 2. The van der Waals surface area contributed by atoms with Crippen molar-refractivity contribution in [1.82, 2.24) is 4.90 Å². The highest BCUT2D eigenvalue weighted by molar-refractivity contribution is 6.12. The van der Waals surface area contributed by atoms with E-state index in [0.29, 0.717) is 25.7 Å². The number of primary amides is 1. The molecular formula is C26H27F3N4O2. The number of alkyl halides is 3. The summed E-state index contributed by atoms with van der Waals surface area (Å²) in [6, 6.07) is 14.2. The first-order valence-electron chi connectivity index (χ1n) is 11.4. The first-order chi connectivity index (χ1) is 16.5. The van der Waals surface area contributed by atoms with Crippen LogP contribution in [0, 0.1) is 0 Å². The molecule has 0 saturated heterocycles. The molecule has 0 bridgehead atoms. The van der Waals surface area contributed by atoms with Gasteiger partial charge >= 0.3 is 6.18 Å². The standard InChI is InChI=1S/C26H27F3N4O2/c1-3-32(4-2)11-12-33-21-15-18(23(30)34)14-20(26(27,28)29)22(21)25(31,24(33)35)19-10-9-16-7-5-6-8-17(16)13-19/h5-10,13-15H,3-4,11-12,31H2,1-2H3,(H2,30,34). The van der Waals surface area contributed by atoms with Gasteiger partial charge in [0.15, 0.2) is 0 Å². The zero-order valence-electron chi connectivity index (χ0n) is 19.5. The molecular weight excluding hydrogens is 457 g/mol. The number of benzene rings is 3. The molecule has 0 fully saturated rings. The quantitative estimate of drug-likeness (QED) is 0.533. The van der Waals surface area contributed by atoms with E-state index in [-0.39, 0.29) is 28.9 Å². The van der Waals surface area contributed by atoms with E-state index in [1.54, 1.807) is 24.3 Å². The molecule has 3 aromatic carbocycles. The van der Waals surface area contributed by atoms with E-state index in [0.717, 1.165) is 10.8 Å². The first-order valence-corrected chi connectivity index (χ1v) is 11.4. The Morgan fingerprint density at radius 1 is 1.03 bits per heavy atom. The van der Waals surface area contributed by atoms with E-state index in [9.17, 15) is 22.8 Å². The van der Waals surface area contributed by atoms with Gasteiger partial charge in [-0.25, -0.2) is 0 Å². The van der Waals surface area contributed by atoms with E-state index in [1.165, 1.54) is 11.0 Å². The monoisotopic (exact) mass is 484 g/mol. The van der Waals surface area contributed by atoms with Gasteiger partial charge in [-0.3, -0.25) is 9.59 Å². The Morgan fingerprint density at radius 2 is 1.69 bits per heavy atom. The molecule has 4 N–H and O–H groups in total. The van der Waals surface area contributed by atoms with Gasteiger partial charge in [-0.15, -0.1) is 0 Å². The van der Waals surface area contributed by atoms with Gasteiger partial charge in [-0.2, -0.15) is 13.2 Å². The largest absolute Gasteiger partial charge is 0.416 e. The molecule has 1 heterocycles.